The predicted molar refractivity (Wildman–Crippen MR) is 61.9 cm³/mol. The van der Waals surface area contributed by atoms with Gasteiger partial charge in [-0.05, 0) is 36.8 Å². The second-order valence-corrected chi connectivity index (χ2v) is 3.84. The number of benzene rings is 2. The Morgan fingerprint density at radius 1 is 1.00 bits per heavy atom. The lowest BCUT2D eigenvalue weighted by Gasteiger charge is -2.05. The number of aldehydes is 1. The summed E-state index contributed by atoms with van der Waals surface area (Å²) in [5.41, 5.74) is 1.62. The minimum atomic E-state index is -0.640. The number of hydrogen-bond donors (Lipinski definition) is 0. The van der Waals surface area contributed by atoms with Gasteiger partial charge in [-0.2, -0.15) is 0 Å². The minimum Gasteiger partial charge on any atom is -0.298 e. The van der Waals surface area contributed by atoms with Gasteiger partial charge < -0.3 is 0 Å². The third-order valence-electron chi connectivity index (χ3n) is 2.56. The van der Waals surface area contributed by atoms with E-state index in [1.807, 2.05) is 6.92 Å². The van der Waals surface area contributed by atoms with Crippen LogP contribution in [0.25, 0.3) is 11.1 Å². The maximum absolute atomic E-state index is 13.6. The van der Waals surface area contributed by atoms with Crippen LogP contribution in [-0.2, 0) is 0 Å². The zero-order valence-corrected chi connectivity index (χ0v) is 9.21. The third-order valence-corrected chi connectivity index (χ3v) is 2.56. The quantitative estimate of drug-likeness (QED) is 0.720. The smallest absolute Gasteiger partial charge is 0.152 e. The first-order valence-corrected chi connectivity index (χ1v) is 5.13. The van der Waals surface area contributed by atoms with Gasteiger partial charge in [-0.25, -0.2) is 8.78 Å². The van der Waals surface area contributed by atoms with Crippen molar-refractivity contribution in [2.75, 3.05) is 0 Å². The van der Waals surface area contributed by atoms with Crippen molar-refractivity contribution in [2.45, 2.75) is 6.92 Å². The van der Waals surface area contributed by atoms with Crippen LogP contribution in [0.15, 0.2) is 36.4 Å². The van der Waals surface area contributed by atoms with Crippen LogP contribution in [0.5, 0.6) is 0 Å². The average molecular weight is 232 g/mol. The van der Waals surface area contributed by atoms with Crippen molar-refractivity contribution in [1.82, 2.24) is 0 Å². The summed E-state index contributed by atoms with van der Waals surface area (Å²) in [6.07, 6.45) is 0.436. The predicted octanol–water partition coefficient (Wildman–Crippen LogP) is 3.75. The minimum absolute atomic E-state index is 0.0261. The highest BCUT2D eigenvalue weighted by molar-refractivity contribution is 5.77. The molecule has 2 aromatic carbocycles. The summed E-state index contributed by atoms with van der Waals surface area (Å²) in [7, 11) is 0. The van der Waals surface area contributed by atoms with Gasteiger partial charge in [0.25, 0.3) is 0 Å². The van der Waals surface area contributed by atoms with E-state index < -0.39 is 11.6 Å². The van der Waals surface area contributed by atoms with E-state index in [4.69, 9.17) is 0 Å². The number of hydrogen-bond acceptors (Lipinski definition) is 1. The van der Waals surface area contributed by atoms with Gasteiger partial charge in [-0.1, -0.05) is 17.7 Å². The highest BCUT2D eigenvalue weighted by Gasteiger charge is 2.08. The molecule has 0 heterocycles. The lowest BCUT2D eigenvalue weighted by atomic mass is 10.0. The largest absolute Gasteiger partial charge is 0.298 e. The number of rotatable bonds is 2. The fourth-order valence-corrected chi connectivity index (χ4v) is 1.65. The molecule has 1 nitrogen and oxygen atoms in total. The Morgan fingerprint density at radius 3 is 2.41 bits per heavy atom. The highest BCUT2D eigenvalue weighted by atomic mass is 19.1. The molecular weight excluding hydrogens is 222 g/mol. The summed E-state index contributed by atoms with van der Waals surface area (Å²) < 4.78 is 27.0. The van der Waals surface area contributed by atoms with Gasteiger partial charge in [-0.3, -0.25) is 4.79 Å². The Balaban J connectivity index is 2.57. The Bertz CT molecular complexity index is 576. The van der Waals surface area contributed by atoms with Crippen LogP contribution in [0.3, 0.4) is 0 Å². The summed E-state index contributed by atoms with van der Waals surface area (Å²) in [5.74, 6) is -1.05. The molecule has 86 valence electrons. The molecule has 0 aliphatic rings. The lowest BCUT2D eigenvalue weighted by molar-refractivity contribution is 0.112. The van der Waals surface area contributed by atoms with Gasteiger partial charge in [0.05, 0.1) is 5.56 Å². The molecule has 2 rings (SSSR count). The normalized spacial score (nSPS) is 10.3. The van der Waals surface area contributed by atoms with E-state index in [1.165, 1.54) is 24.3 Å². The van der Waals surface area contributed by atoms with E-state index in [0.29, 0.717) is 17.4 Å². The highest BCUT2D eigenvalue weighted by Crippen LogP contribution is 2.25. The van der Waals surface area contributed by atoms with Crippen molar-refractivity contribution in [3.05, 3.63) is 59.2 Å². The molecule has 0 fully saturated rings. The van der Waals surface area contributed by atoms with E-state index in [0.717, 1.165) is 5.56 Å². The molecule has 17 heavy (non-hydrogen) atoms. The van der Waals surface area contributed by atoms with Crippen molar-refractivity contribution in [1.29, 1.82) is 0 Å². The Kier molecular flexibility index (Phi) is 3.00. The third kappa shape index (κ3) is 2.23. The van der Waals surface area contributed by atoms with Crippen LogP contribution in [-0.4, -0.2) is 6.29 Å². The molecule has 0 bridgehead atoms. The summed E-state index contributed by atoms with van der Waals surface area (Å²) in [6, 6.07) is 8.68. The van der Waals surface area contributed by atoms with Gasteiger partial charge in [0.2, 0.25) is 0 Å². The molecule has 0 saturated carbocycles. The SMILES string of the molecule is Cc1ccc(F)c(-c2ccc(C=O)c(F)c2)c1. The van der Waals surface area contributed by atoms with Crippen molar-refractivity contribution >= 4 is 6.29 Å². The van der Waals surface area contributed by atoms with Crippen LogP contribution in [0.1, 0.15) is 15.9 Å². The van der Waals surface area contributed by atoms with E-state index >= 15 is 0 Å². The monoisotopic (exact) mass is 232 g/mol. The molecule has 0 aliphatic carbocycles. The fraction of sp³-hybridized carbons (Fsp3) is 0.0714. The number of carbonyl (C=O) groups is 1. The Morgan fingerprint density at radius 2 is 1.76 bits per heavy atom. The van der Waals surface area contributed by atoms with E-state index in [1.54, 1.807) is 12.1 Å². The Labute approximate surface area is 97.7 Å². The standard InChI is InChI=1S/C14H10F2O/c1-9-2-5-13(15)12(6-9)10-3-4-11(8-17)14(16)7-10/h2-8H,1H3. The molecule has 2 aromatic rings. The number of carbonyl (C=O) groups excluding carboxylic acids is 1. The van der Waals surface area contributed by atoms with Crippen molar-refractivity contribution < 1.29 is 13.6 Å². The molecule has 0 aliphatic heterocycles. The van der Waals surface area contributed by atoms with Gasteiger partial charge in [0, 0.05) is 5.56 Å². The average Bonchev–Trinajstić information content (AvgIpc) is 2.32. The van der Waals surface area contributed by atoms with Gasteiger partial charge in [0.15, 0.2) is 6.29 Å². The molecule has 0 aromatic heterocycles. The molecule has 0 amide bonds. The van der Waals surface area contributed by atoms with Crippen molar-refractivity contribution in [2.24, 2.45) is 0 Å². The number of aryl methyl sites for hydroxylation is 1. The molecule has 0 saturated heterocycles. The molecule has 0 atom stereocenters. The second-order valence-electron chi connectivity index (χ2n) is 3.84. The fourth-order valence-electron chi connectivity index (χ4n) is 1.65. The molecular formula is C14H10F2O. The van der Waals surface area contributed by atoms with Crippen LogP contribution in [0, 0.1) is 18.6 Å². The first-order valence-electron chi connectivity index (χ1n) is 5.13. The Hall–Kier alpha value is -2.03. The van der Waals surface area contributed by atoms with Gasteiger partial charge >= 0.3 is 0 Å². The van der Waals surface area contributed by atoms with Gasteiger partial charge in [0.1, 0.15) is 11.6 Å². The van der Waals surface area contributed by atoms with Crippen LogP contribution >= 0.6 is 0 Å². The van der Waals surface area contributed by atoms with Crippen LogP contribution < -0.4 is 0 Å². The maximum atomic E-state index is 13.6. The van der Waals surface area contributed by atoms with Gasteiger partial charge in [-0.15, -0.1) is 0 Å². The zero-order valence-electron chi connectivity index (χ0n) is 9.21. The summed E-state index contributed by atoms with van der Waals surface area (Å²) in [4.78, 5) is 10.5. The maximum Gasteiger partial charge on any atom is 0.152 e. The van der Waals surface area contributed by atoms with E-state index in [2.05, 4.69) is 0 Å². The summed E-state index contributed by atoms with van der Waals surface area (Å²) >= 11 is 0. The molecule has 0 radical (unpaired) electrons. The molecule has 0 spiro atoms. The topological polar surface area (TPSA) is 17.1 Å². The van der Waals surface area contributed by atoms with Crippen LogP contribution in [0.4, 0.5) is 8.78 Å². The molecule has 0 N–H and O–H groups in total. The summed E-state index contributed by atoms with van der Waals surface area (Å²) in [6.45, 7) is 1.83. The second kappa shape index (κ2) is 4.45. The molecule has 3 heteroatoms. The number of halogens is 2. The first kappa shape index (κ1) is 11.5. The first-order chi connectivity index (χ1) is 8.11. The zero-order chi connectivity index (χ0) is 12.4. The molecule has 0 unspecified atom stereocenters. The van der Waals surface area contributed by atoms with Crippen molar-refractivity contribution in [3.8, 4) is 11.1 Å². The van der Waals surface area contributed by atoms with E-state index in [-0.39, 0.29) is 5.56 Å². The van der Waals surface area contributed by atoms with E-state index in [9.17, 15) is 13.6 Å². The summed E-state index contributed by atoms with van der Waals surface area (Å²) in [5, 5.41) is 0. The lowest BCUT2D eigenvalue weighted by Crippen LogP contribution is -1.91. The van der Waals surface area contributed by atoms with Crippen molar-refractivity contribution in [3.63, 3.8) is 0 Å². The van der Waals surface area contributed by atoms with Crippen LogP contribution in [0.2, 0.25) is 0 Å².